The van der Waals surface area contributed by atoms with Gasteiger partial charge in [0.25, 0.3) is 0 Å². The van der Waals surface area contributed by atoms with Gasteiger partial charge >= 0.3 is 0 Å². The fourth-order valence-corrected chi connectivity index (χ4v) is 3.85. The number of nitrogens with one attached hydrogen (secondary N) is 1. The number of sulfonamides is 1. The highest BCUT2D eigenvalue weighted by molar-refractivity contribution is 9.10. The first-order chi connectivity index (χ1) is 10.4. The molecule has 1 aromatic rings. The normalized spacial score (nSPS) is 11.9. The summed E-state index contributed by atoms with van der Waals surface area (Å²) in [7, 11) is -3.57. The van der Waals surface area contributed by atoms with Crippen molar-refractivity contribution in [2.24, 2.45) is 0 Å². The molecule has 0 saturated heterocycles. The van der Waals surface area contributed by atoms with E-state index in [1.54, 1.807) is 18.2 Å². The van der Waals surface area contributed by atoms with Gasteiger partial charge in [-0.2, -0.15) is 0 Å². The summed E-state index contributed by atoms with van der Waals surface area (Å²) in [5.41, 5.74) is 0. The molecule has 0 atom stereocenters. The van der Waals surface area contributed by atoms with E-state index in [4.69, 9.17) is 4.74 Å². The van der Waals surface area contributed by atoms with Gasteiger partial charge in [0.1, 0.15) is 10.6 Å². The molecule has 5 nitrogen and oxygen atoms in total. The van der Waals surface area contributed by atoms with Crippen molar-refractivity contribution in [2.75, 3.05) is 32.8 Å². The second-order valence-electron chi connectivity index (χ2n) is 4.80. The maximum Gasteiger partial charge on any atom is 0.244 e. The molecule has 0 amide bonds. The first-order valence-corrected chi connectivity index (χ1v) is 9.86. The largest absolute Gasteiger partial charge is 0.492 e. The van der Waals surface area contributed by atoms with Crippen molar-refractivity contribution in [3.8, 4) is 5.75 Å². The smallest absolute Gasteiger partial charge is 0.244 e. The fourth-order valence-electron chi connectivity index (χ4n) is 2.09. The number of benzene rings is 1. The lowest BCUT2D eigenvalue weighted by Crippen LogP contribution is -2.30. The van der Waals surface area contributed by atoms with Gasteiger partial charge in [0.05, 0.1) is 6.61 Å². The molecule has 1 aromatic carbocycles. The number of rotatable bonds is 10. The van der Waals surface area contributed by atoms with Crippen LogP contribution in [0.15, 0.2) is 27.6 Å². The molecule has 7 heteroatoms. The summed E-state index contributed by atoms with van der Waals surface area (Å²) in [6.07, 6.45) is 0.777. The lowest BCUT2D eigenvalue weighted by molar-refractivity contribution is 0.300. The molecule has 0 aliphatic rings. The Hall–Kier alpha value is -0.630. The third kappa shape index (κ3) is 5.87. The maximum absolute atomic E-state index is 12.4. The Balaban J connectivity index is 2.72. The summed E-state index contributed by atoms with van der Waals surface area (Å²) >= 11 is 3.31. The zero-order valence-corrected chi connectivity index (χ0v) is 15.8. The molecule has 0 radical (unpaired) electrons. The van der Waals surface area contributed by atoms with Crippen LogP contribution in [0.3, 0.4) is 0 Å². The van der Waals surface area contributed by atoms with Crippen molar-refractivity contribution in [3.63, 3.8) is 0 Å². The van der Waals surface area contributed by atoms with Crippen LogP contribution in [0, 0.1) is 0 Å². The number of halogens is 1. The van der Waals surface area contributed by atoms with Gasteiger partial charge < -0.3 is 9.64 Å². The maximum atomic E-state index is 12.4. The van der Waals surface area contributed by atoms with Crippen LogP contribution in [0.2, 0.25) is 0 Å². The molecule has 0 aliphatic heterocycles. The monoisotopic (exact) mass is 392 g/mol. The Morgan fingerprint density at radius 2 is 1.91 bits per heavy atom. The lowest BCUT2D eigenvalue weighted by atomic mass is 10.3. The molecule has 0 aromatic heterocycles. The van der Waals surface area contributed by atoms with E-state index in [1.165, 1.54) is 0 Å². The van der Waals surface area contributed by atoms with Crippen molar-refractivity contribution in [2.45, 2.75) is 32.1 Å². The van der Waals surface area contributed by atoms with Gasteiger partial charge in [0.15, 0.2) is 0 Å². The predicted molar refractivity (Wildman–Crippen MR) is 92.9 cm³/mol. The predicted octanol–water partition coefficient (Wildman–Crippen LogP) is 2.86. The number of hydrogen-bond donors (Lipinski definition) is 1. The van der Waals surface area contributed by atoms with Crippen LogP contribution in [0.4, 0.5) is 0 Å². The molecule has 126 valence electrons. The molecular formula is C15H25BrN2O3S. The van der Waals surface area contributed by atoms with E-state index in [2.05, 4.69) is 39.4 Å². The van der Waals surface area contributed by atoms with Crippen molar-refractivity contribution >= 4 is 26.0 Å². The van der Waals surface area contributed by atoms with E-state index < -0.39 is 10.0 Å². The van der Waals surface area contributed by atoms with Gasteiger partial charge in [0.2, 0.25) is 10.0 Å². The summed E-state index contributed by atoms with van der Waals surface area (Å²) in [4.78, 5) is 2.44. The van der Waals surface area contributed by atoms with E-state index in [0.717, 1.165) is 26.1 Å². The summed E-state index contributed by atoms with van der Waals surface area (Å²) in [5, 5.41) is 0. The third-order valence-corrected chi connectivity index (χ3v) is 5.31. The zero-order valence-electron chi connectivity index (χ0n) is 13.4. The van der Waals surface area contributed by atoms with Gasteiger partial charge in [-0.3, -0.25) is 0 Å². The average molecular weight is 393 g/mol. The minimum absolute atomic E-state index is 0.173. The molecule has 0 heterocycles. The van der Waals surface area contributed by atoms with E-state index >= 15 is 0 Å². The molecule has 0 saturated carbocycles. The molecule has 0 unspecified atom stereocenters. The van der Waals surface area contributed by atoms with Gasteiger partial charge in [-0.1, -0.05) is 29.8 Å². The highest BCUT2D eigenvalue weighted by Crippen LogP contribution is 2.27. The molecule has 0 spiro atoms. The van der Waals surface area contributed by atoms with Crippen LogP contribution >= 0.6 is 15.9 Å². The summed E-state index contributed by atoms with van der Waals surface area (Å²) < 4.78 is 33.6. The van der Waals surface area contributed by atoms with Crippen LogP contribution in [0.1, 0.15) is 27.2 Å². The summed E-state index contributed by atoms with van der Waals surface area (Å²) in [5.74, 6) is 0.377. The molecule has 22 heavy (non-hydrogen) atoms. The minimum Gasteiger partial charge on any atom is -0.492 e. The Morgan fingerprint density at radius 3 is 2.50 bits per heavy atom. The summed E-state index contributed by atoms with van der Waals surface area (Å²) in [6, 6.07) is 5.00. The molecular weight excluding hydrogens is 368 g/mol. The zero-order chi connectivity index (χ0) is 16.6. The van der Waals surface area contributed by atoms with Crippen LogP contribution in [0.5, 0.6) is 5.75 Å². The number of hydrogen-bond acceptors (Lipinski definition) is 4. The van der Waals surface area contributed by atoms with Gasteiger partial charge in [-0.05, 0) is 51.2 Å². The quantitative estimate of drug-likeness (QED) is 0.621. The molecule has 1 N–H and O–H groups in total. The Kier molecular flexibility index (Phi) is 8.38. The Labute approximate surface area is 142 Å². The summed E-state index contributed by atoms with van der Waals surface area (Å²) in [6.45, 7) is 9.70. The SMILES string of the molecule is CCOc1ccc(Br)cc1S(=O)(=O)NCCCN(CC)CC. The fraction of sp³-hybridized carbons (Fsp3) is 0.600. The lowest BCUT2D eigenvalue weighted by Gasteiger charge is -2.18. The standard InChI is InChI=1S/C15H25BrN2O3S/c1-4-18(5-2)11-7-10-17-22(19,20)15-12-13(16)8-9-14(15)21-6-3/h8-9,12,17H,4-7,10-11H2,1-3H3. The van der Waals surface area contributed by atoms with Gasteiger partial charge in [-0.15, -0.1) is 0 Å². The van der Waals surface area contributed by atoms with Gasteiger partial charge in [0, 0.05) is 11.0 Å². The van der Waals surface area contributed by atoms with Crippen molar-refractivity contribution in [3.05, 3.63) is 22.7 Å². The van der Waals surface area contributed by atoms with Gasteiger partial charge in [-0.25, -0.2) is 13.1 Å². The molecule has 0 aliphatic carbocycles. The van der Waals surface area contributed by atoms with E-state index in [1.807, 2.05) is 6.92 Å². The average Bonchev–Trinajstić information content (AvgIpc) is 2.49. The molecule has 0 fully saturated rings. The highest BCUT2D eigenvalue weighted by atomic mass is 79.9. The first-order valence-electron chi connectivity index (χ1n) is 7.58. The van der Waals surface area contributed by atoms with Crippen molar-refractivity contribution in [1.29, 1.82) is 0 Å². The Morgan fingerprint density at radius 1 is 1.23 bits per heavy atom. The minimum atomic E-state index is -3.57. The second kappa shape index (κ2) is 9.50. The van der Waals surface area contributed by atoms with E-state index in [-0.39, 0.29) is 4.90 Å². The first kappa shape index (κ1) is 19.4. The van der Waals surface area contributed by atoms with Crippen LogP contribution < -0.4 is 9.46 Å². The van der Waals surface area contributed by atoms with Crippen molar-refractivity contribution < 1.29 is 13.2 Å². The second-order valence-corrected chi connectivity index (χ2v) is 7.45. The number of ether oxygens (including phenoxy) is 1. The molecule has 0 bridgehead atoms. The molecule has 1 rings (SSSR count). The van der Waals surface area contributed by atoms with Crippen LogP contribution in [0.25, 0.3) is 0 Å². The van der Waals surface area contributed by atoms with E-state index in [9.17, 15) is 8.42 Å². The number of nitrogens with zero attached hydrogens (tertiary/aromatic N) is 1. The third-order valence-electron chi connectivity index (χ3n) is 3.33. The highest BCUT2D eigenvalue weighted by Gasteiger charge is 2.19. The Bertz CT molecular complexity index is 560. The van der Waals surface area contributed by atoms with Crippen LogP contribution in [-0.4, -0.2) is 46.1 Å². The van der Waals surface area contributed by atoms with Crippen molar-refractivity contribution in [1.82, 2.24) is 9.62 Å². The topological polar surface area (TPSA) is 58.6 Å². The van der Waals surface area contributed by atoms with E-state index in [0.29, 0.717) is 23.4 Å². The van der Waals surface area contributed by atoms with Crippen LogP contribution in [-0.2, 0) is 10.0 Å².